The molecule has 0 amide bonds. The van der Waals surface area contributed by atoms with Gasteiger partial charge >= 0.3 is 6.18 Å². The molecule has 0 bridgehead atoms. The van der Waals surface area contributed by atoms with E-state index in [9.17, 15) is 21.6 Å². The van der Waals surface area contributed by atoms with Gasteiger partial charge in [0, 0.05) is 25.3 Å². The highest BCUT2D eigenvalue weighted by Crippen LogP contribution is 2.33. The van der Waals surface area contributed by atoms with Crippen molar-refractivity contribution >= 4 is 27.4 Å². The Labute approximate surface area is 144 Å². The summed E-state index contributed by atoms with van der Waals surface area (Å²) in [6.45, 7) is 2.56. The van der Waals surface area contributed by atoms with Crippen LogP contribution in [-0.4, -0.2) is 42.6 Å². The fraction of sp³-hybridized carbons (Fsp3) is 0.643. The zero-order valence-corrected chi connectivity index (χ0v) is 14.7. The third-order valence-corrected chi connectivity index (χ3v) is 6.18. The second kappa shape index (κ2) is 7.45. The summed E-state index contributed by atoms with van der Waals surface area (Å²) in [6, 6.07) is 0.748. The molecule has 1 saturated heterocycles. The molecular formula is C14H19ClF3N3O2S. The van der Waals surface area contributed by atoms with Gasteiger partial charge in [0.25, 0.3) is 0 Å². The lowest BCUT2D eigenvalue weighted by molar-refractivity contribution is -0.137. The minimum absolute atomic E-state index is 0.0835. The first kappa shape index (κ1) is 19.3. The van der Waals surface area contributed by atoms with Gasteiger partial charge in [-0.3, -0.25) is 0 Å². The number of pyridine rings is 1. The van der Waals surface area contributed by atoms with Crippen molar-refractivity contribution in [1.29, 1.82) is 0 Å². The molecule has 5 nitrogen and oxygen atoms in total. The van der Waals surface area contributed by atoms with Gasteiger partial charge in [0.1, 0.15) is 5.82 Å². The van der Waals surface area contributed by atoms with Crippen molar-refractivity contribution in [2.24, 2.45) is 0 Å². The Bertz CT molecular complexity index is 674. The Kier molecular flexibility index (Phi) is 5.98. The number of hydrogen-bond acceptors (Lipinski definition) is 4. The van der Waals surface area contributed by atoms with Gasteiger partial charge in [-0.15, -0.1) is 0 Å². The predicted molar refractivity (Wildman–Crippen MR) is 86.5 cm³/mol. The molecule has 1 N–H and O–H groups in total. The van der Waals surface area contributed by atoms with Crippen LogP contribution in [0.1, 0.15) is 31.7 Å². The molecule has 1 aliphatic rings. The maximum atomic E-state index is 12.6. The number of sulfonamides is 1. The number of anilines is 1. The third-order valence-electron chi connectivity index (χ3n) is 3.82. The maximum Gasteiger partial charge on any atom is 0.417 e. The van der Waals surface area contributed by atoms with Crippen LogP contribution in [0.5, 0.6) is 0 Å². The van der Waals surface area contributed by atoms with E-state index in [0.29, 0.717) is 32.4 Å². The highest BCUT2D eigenvalue weighted by molar-refractivity contribution is 7.89. The number of rotatable bonds is 5. The van der Waals surface area contributed by atoms with E-state index in [0.717, 1.165) is 12.3 Å². The van der Waals surface area contributed by atoms with Crippen LogP contribution in [0.3, 0.4) is 0 Å². The van der Waals surface area contributed by atoms with Crippen LogP contribution in [0.15, 0.2) is 12.3 Å². The molecule has 1 fully saturated rings. The summed E-state index contributed by atoms with van der Waals surface area (Å²) >= 11 is 5.87. The standard InChI is InChI=1S/C14H19ClF3N3O2S/c1-2-7-24(22,23)21-5-3-11(4-6-21)20-13-12(15)8-10(9-19-13)14(16,17)18/h8-9,11H,2-7H2,1H3,(H,19,20). The highest BCUT2D eigenvalue weighted by atomic mass is 35.5. The molecule has 0 aromatic carbocycles. The number of halogens is 4. The molecule has 136 valence electrons. The molecule has 0 spiro atoms. The van der Waals surface area contributed by atoms with Gasteiger partial charge in [-0.25, -0.2) is 17.7 Å². The van der Waals surface area contributed by atoms with E-state index in [4.69, 9.17) is 11.6 Å². The van der Waals surface area contributed by atoms with Crippen LogP contribution in [0, 0.1) is 0 Å². The smallest absolute Gasteiger partial charge is 0.366 e. The quantitative estimate of drug-likeness (QED) is 0.844. The summed E-state index contributed by atoms with van der Waals surface area (Å²) in [4.78, 5) is 3.74. The van der Waals surface area contributed by atoms with E-state index in [1.807, 2.05) is 6.92 Å². The maximum absolute atomic E-state index is 12.6. The van der Waals surface area contributed by atoms with Gasteiger partial charge in [-0.2, -0.15) is 13.2 Å². The van der Waals surface area contributed by atoms with Crippen LogP contribution >= 0.6 is 11.6 Å². The Hall–Kier alpha value is -1.06. The minimum Gasteiger partial charge on any atom is -0.366 e. The number of aromatic nitrogens is 1. The van der Waals surface area contributed by atoms with E-state index in [1.165, 1.54) is 4.31 Å². The number of nitrogens with one attached hydrogen (secondary N) is 1. The van der Waals surface area contributed by atoms with Crippen LogP contribution in [0.2, 0.25) is 5.02 Å². The second-order valence-corrected chi connectivity index (χ2v) is 8.18. The molecule has 1 aromatic rings. The van der Waals surface area contributed by atoms with Crippen LogP contribution in [0.25, 0.3) is 0 Å². The second-order valence-electron chi connectivity index (χ2n) is 5.69. The van der Waals surface area contributed by atoms with E-state index in [2.05, 4.69) is 10.3 Å². The lowest BCUT2D eigenvalue weighted by Crippen LogP contribution is -2.43. The van der Waals surface area contributed by atoms with Gasteiger partial charge in [-0.05, 0) is 25.3 Å². The SMILES string of the molecule is CCCS(=O)(=O)N1CCC(Nc2ncc(C(F)(F)F)cc2Cl)CC1. The van der Waals surface area contributed by atoms with Gasteiger partial charge in [0.15, 0.2) is 0 Å². The normalized spacial score (nSPS) is 17.9. The summed E-state index contributed by atoms with van der Waals surface area (Å²) in [5.41, 5.74) is -0.904. The molecule has 0 unspecified atom stereocenters. The lowest BCUT2D eigenvalue weighted by atomic mass is 10.1. The minimum atomic E-state index is -4.49. The summed E-state index contributed by atoms with van der Waals surface area (Å²) in [5, 5.41) is 2.89. The summed E-state index contributed by atoms with van der Waals surface area (Å²) < 4.78 is 63.2. The summed E-state index contributed by atoms with van der Waals surface area (Å²) in [7, 11) is -3.22. The monoisotopic (exact) mass is 385 g/mol. The first-order valence-electron chi connectivity index (χ1n) is 7.60. The van der Waals surface area contributed by atoms with Crippen molar-refractivity contribution in [3.05, 3.63) is 22.8 Å². The largest absolute Gasteiger partial charge is 0.417 e. The average molecular weight is 386 g/mol. The van der Waals surface area contributed by atoms with E-state index in [1.54, 1.807) is 0 Å². The van der Waals surface area contributed by atoms with Gasteiger partial charge < -0.3 is 5.32 Å². The summed E-state index contributed by atoms with van der Waals surface area (Å²) in [6.07, 6.45) is -2.11. The van der Waals surface area contributed by atoms with Crippen molar-refractivity contribution in [2.75, 3.05) is 24.2 Å². The molecule has 0 radical (unpaired) electrons. The Morgan fingerprint density at radius 2 is 2.00 bits per heavy atom. The topological polar surface area (TPSA) is 62.3 Å². The van der Waals surface area contributed by atoms with Crippen LogP contribution in [0.4, 0.5) is 19.0 Å². The molecule has 24 heavy (non-hydrogen) atoms. The number of hydrogen-bond donors (Lipinski definition) is 1. The van der Waals surface area contributed by atoms with E-state index in [-0.39, 0.29) is 22.6 Å². The molecule has 0 atom stereocenters. The summed E-state index contributed by atoms with van der Waals surface area (Å²) in [5.74, 6) is 0.303. The van der Waals surface area contributed by atoms with Crippen molar-refractivity contribution in [1.82, 2.24) is 9.29 Å². The Morgan fingerprint density at radius 3 is 2.50 bits per heavy atom. The average Bonchev–Trinajstić information content (AvgIpc) is 2.49. The highest BCUT2D eigenvalue weighted by Gasteiger charge is 2.32. The molecular weight excluding hydrogens is 367 g/mol. The van der Waals surface area contributed by atoms with E-state index >= 15 is 0 Å². The van der Waals surface area contributed by atoms with Gasteiger partial charge in [0.2, 0.25) is 10.0 Å². The predicted octanol–water partition coefficient (Wildman–Crippen LogP) is 3.37. The molecule has 1 aliphatic heterocycles. The fourth-order valence-electron chi connectivity index (χ4n) is 2.56. The first-order chi connectivity index (χ1) is 11.1. The zero-order chi connectivity index (χ0) is 18.0. The molecule has 10 heteroatoms. The molecule has 0 saturated carbocycles. The van der Waals surface area contributed by atoms with Crippen molar-refractivity contribution in [3.8, 4) is 0 Å². The van der Waals surface area contributed by atoms with Crippen LogP contribution in [-0.2, 0) is 16.2 Å². The number of piperidine rings is 1. The van der Waals surface area contributed by atoms with Gasteiger partial charge in [-0.1, -0.05) is 18.5 Å². The molecule has 2 heterocycles. The number of alkyl halides is 3. The molecule has 2 rings (SSSR count). The molecule has 0 aliphatic carbocycles. The van der Waals surface area contributed by atoms with Crippen molar-refractivity contribution in [2.45, 2.75) is 38.4 Å². The fourth-order valence-corrected chi connectivity index (χ4v) is 4.32. The van der Waals surface area contributed by atoms with Gasteiger partial charge in [0.05, 0.1) is 16.3 Å². The lowest BCUT2D eigenvalue weighted by Gasteiger charge is -2.32. The Balaban J connectivity index is 1.97. The van der Waals surface area contributed by atoms with Crippen molar-refractivity contribution < 1.29 is 21.6 Å². The van der Waals surface area contributed by atoms with E-state index < -0.39 is 21.8 Å². The van der Waals surface area contributed by atoms with Crippen molar-refractivity contribution in [3.63, 3.8) is 0 Å². The first-order valence-corrected chi connectivity index (χ1v) is 9.59. The number of nitrogens with zero attached hydrogens (tertiary/aromatic N) is 2. The Morgan fingerprint density at radius 1 is 1.38 bits per heavy atom. The third kappa shape index (κ3) is 4.73. The zero-order valence-electron chi connectivity index (χ0n) is 13.1. The van der Waals surface area contributed by atoms with Crippen LogP contribution < -0.4 is 5.32 Å². The molecule has 1 aromatic heterocycles.